The molecule has 0 radical (unpaired) electrons. The molecule has 3 atom stereocenters. The SMILES string of the molecule is CCCCCC(C)(CN)N1CCC(OC)CC1C. The van der Waals surface area contributed by atoms with E-state index in [4.69, 9.17) is 10.5 Å². The van der Waals surface area contributed by atoms with E-state index >= 15 is 0 Å². The number of hydrogen-bond acceptors (Lipinski definition) is 3. The molecule has 0 aliphatic carbocycles. The molecule has 1 rings (SSSR count). The Labute approximate surface area is 113 Å². The quantitative estimate of drug-likeness (QED) is 0.712. The summed E-state index contributed by atoms with van der Waals surface area (Å²) in [6.45, 7) is 8.80. The van der Waals surface area contributed by atoms with Gasteiger partial charge >= 0.3 is 0 Å². The van der Waals surface area contributed by atoms with Gasteiger partial charge < -0.3 is 10.5 Å². The van der Waals surface area contributed by atoms with E-state index < -0.39 is 0 Å². The molecule has 18 heavy (non-hydrogen) atoms. The number of unbranched alkanes of at least 4 members (excludes halogenated alkanes) is 2. The molecule has 0 amide bonds. The normalized spacial score (nSPS) is 29.2. The molecule has 3 heteroatoms. The van der Waals surface area contributed by atoms with Crippen molar-refractivity contribution in [2.45, 2.75) is 77.0 Å². The lowest BCUT2D eigenvalue weighted by molar-refractivity contribution is -0.0310. The highest BCUT2D eigenvalue weighted by Crippen LogP contribution is 2.30. The van der Waals surface area contributed by atoms with Crippen molar-refractivity contribution in [2.75, 3.05) is 20.2 Å². The van der Waals surface area contributed by atoms with E-state index in [0.29, 0.717) is 12.1 Å². The van der Waals surface area contributed by atoms with E-state index in [2.05, 4.69) is 25.7 Å². The smallest absolute Gasteiger partial charge is 0.0598 e. The summed E-state index contributed by atoms with van der Waals surface area (Å²) in [4.78, 5) is 2.62. The van der Waals surface area contributed by atoms with Crippen LogP contribution in [0.4, 0.5) is 0 Å². The third kappa shape index (κ3) is 3.94. The number of piperidine rings is 1. The molecule has 1 fully saturated rings. The first kappa shape index (κ1) is 15.9. The minimum atomic E-state index is 0.174. The summed E-state index contributed by atoms with van der Waals surface area (Å²) in [6.07, 6.45) is 7.83. The standard InChI is InChI=1S/C15H32N2O/c1-5-6-7-9-15(3,12-16)17-10-8-14(18-4)11-13(17)2/h13-14H,5-12,16H2,1-4H3. The van der Waals surface area contributed by atoms with Gasteiger partial charge in [-0.15, -0.1) is 0 Å². The fourth-order valence-electron chi connectivity index (χ4n) is 3.26. The van der Waals surface area contributed by atoms with Crippen molar-refractivity contribution in [1.82, 2.24) is 4.90 Å². The Balaban J connectivity index is 2.58. The number of nitrogens with two attached hydrogens (primary N) is 1. The molecule has 0 bridgehead atoms. The molecule has 0 aromatic heterocycles. The van der Waals surface area contributed by atoms with Crippen LogP contribution in [0.15, 0.2) is 0 Å². The number of likely N-dealkylation sites (tertiary alicyclic amines) is 1. The van der Waals surface area contributed by atoms with E-state index in [1.165, 1.54) is 25.7 Å². The van der Waals surface area contributed by atoms with Gasteiger partial charge in [0.15, 0.2) is 0 Å². The van der Waals surface area contributed by atoms with Crippen molar-refractivity contribution >= 4 is 0 Å². The van der Waals surface area contributed by atoms with Gasteiger partial charge in [0, 0.05) is 31.8 Å². The predicted molar refractivity (Wildman–Crippen MR) is 77.8 cm³/mol. The Kier molecular flexibility index (Phi) is 6.61. The van der Waals surface area contributed by atoms with Gasteiger partial charge in [0.25, 0.3) is 0 Å². The minimum absolute atomic E-state index is 0.174. The minimum Gasteiger partial charge on any atom is -0.381 e. The first-order valence-corrected chi connectivity index (χ1v) is 7.57. The highest BCUT2D eigenvalue weighted by Gasteiger charge is 2.36. The summed E-state index contributed by atoms with van der Waals surface area (Å²) in [5, 5.41) is 0. The summed E-state index contributed by atoms with van der Waals surface area (Å²) in [6, 6.07) is 0.582. The topological polar surface area (TPSA) is 38.5 Å². The second-order valence-corrected chi connectivity index (χ2v) is 6.08. The Morgan fingerprint density at radius 1 is 1.39 bits per heavy atom. The maximum absolute atomic E-state index is 6.08. The fourth-order valence-corrected chi connectivity index (χ4v) is 3.26. The Morgan fingerprint density at radius 3 is 2.61 bits per heavy atom. The van der Waals surface area contributed by atoms with E-state index in [9.17, 15) is 0 Å². The van der Waals surface area contributed by atoms with Gasteiger partial charge in [-0.1, -0.05) is 26.2 Å². The Hall–Kier alpha value is -0.120. The van der Waals surface area contributed by atoms with E-state index in [1.54, 1.807) is 0 Å². The van der Waals surface area contributed by atoms with Crippen LogP contribution in [0.3, 0.4) is 0 Å². The van der Waals surface area contributed by atoms with Crippen LogP contribution < -0.4 is 5.73 Å². The zero-order valence-electron chi connectivity index (χ0n) is 12.7. The third-order valence-electron chi connectivity index (χ3n) is 4.61. The fraction of sp³-hybridized carbons (Fsp3) is 1.00. The number of methoxy groups -OCH3 is 1. The van der Waals surface area contributed by atoms with Gasteiger partial charge in [0.1, 0.15) is 0 Å². The molecule has 2 N–H and O–H groups in total. The number of ether oxygens (including phenoxy) is 1. The van der Waals surface area contributed by atoms with Crippen molar-refractivity contribution in [3.63, 3.8) is 0 Å². The summed E-state index contributed by atoms with van der Waals surface area (Å²) in [5.74, 6) is 0. The summed E-state index contributed by atoms with van der Waals surface area (Å²) in [7, 11) is 1.83. The molecule has 1 aliphatic heterocycles. The zero-order valence-corrected chi connectivity index (χ0v) is 12.7. The average molecular weight is 256 g/mol. The second kappa shape index (κ2) is 7.46. The van der Waals surface area contributed by atoms with Crippen LogP contribution >= 0.6 is 0 Å². The van der Waals surface area contributed by atoms with Crippen molar-refractivity contribution in [1.29, 1.82) is 0 Å². The molecule has 0 aromatic rings. The van der Waals surface area contributed by atoms with Crippen molar-refractivity contribution in [3.05, 3.63) is 0 Å². The second-order valence-electron chi connectivity index (χ2n) is 6.08. The molecule has 3 nitrogen and oxygen atoms in total. The van der Waals surface area contributed by atoms with Gasteiger partial charge in [0.2, 0.25) is 0 Å². The molecule has 0 aromatic carbocycles. The maximum Gasteiger partial charge on any atom is 0.0598 e. The van der Waals surface area contributed by atoms with Crippen LogP contribution in [0, 0.1) is 0 Å². The van der Waals surface area contributed by atoms with Gasteiger partial charge in [0.05, 0.1) is 6.10 Å². The van der Waals surface area contributed by atoms with Crippen molar-refractivity contribution in [2.24, 2.45) is 5.73 Å². The first-order valence-electron chi connectivity index (χ1n) is 7.57. The lowest BCUT2D eigenvalue weighted by atomic mass is 9.87. The molecular formula is C15H32N2O. The lowest BCUT2D eigenvalue weighted by Gasteiger charge is -2.48. The van der Waals surface area contributed by atoms with Gasteiger partial charge in [-0.3, -0.25) is 4.90 Å². The third-order valence-corrected chi connectivity index (χ3v) is 4.61. The van der Waals surface area contributed by atoms with E-state index in [1.807, 2.05) is 7.11 Å². The van der Waals surface area contributed by atoms with Crippen LogP contribution in [0.1, 0.15) is 59.3 Å². The van der Waals surface area contributed by atoms with Crippen LogP contribution in [-0.4, -0.2) is 42.8 Å². The molecule has 1 saturated heterocycles. The zero-order chi connectivity index (χ0) is 13.6. The molecule has 1 heterocycles. The lowest BCUT2D eigenvalue weighted by Crippen LogP contribution is -2.58. The number of hydrogen-bond donors (Lipinski definition) is 1. The average Bonchev–Trinajstić information content (AvgIpc) is 2.38. The summed E-state index contributed by atoms with van der Waals surface area (Å²) < 4.78 is 5.50. The predicted octanol–water partition coefficient (Wildman–Crippen LogP) is 2.78. The summed E-state index contributed by atoms with van der Waals surface area (Å²) >= 11 is 0. The van der Waals surface area contributed by atoms with Crippen LogP contribution in [0.2, 0.25) is 0 Å². The van der Waals surface area contributed by atoms with Crippen LogP contribution in [0.25, 0.3) is 0 Å². The van der Waals surface area contributed by atoms with Crippen LogP contribution in [-0.2, 0) is 4.74 Å². The van der Waals surface area contributed by atoms with E-state index in [-0.39, 0.29) is 5.54 Å². The number of rotatable bonds is 7. The molecule has 0 spiro atoms. The summed E-state index contributed by atoms with van der Waals surface area (Å²) in [5.41, 5.74) is 6.25. The highest BCUT2D eigenvalue weighted by atomic mass is 16.5. The molecule has 3 unspecified atom stereocenters. The maximum atomic E-state index is 6.08. The molecule has 1 aliphatic rings. The first-order chi connectivity index (χ1) is 8.57. The Morgan fingerprint density at radius 2 is 2.11 bits per heavy atom. The van der Waals surface area contributed by atoms with Gasteiger partial charge in [-0.2, -0.15) is 0 Å². The number of nitrogens with zero attached hydrogens (tertiary/aromatic N) is 1. The molecule has 0 saturated carbocycles. The molecule has 108 valence electrons. The van der Waals surface area contributed by atoms with E-state index in [0.717, 1.165) is 25.9 Å². The van der Waals surface area contributed by atoms with Crippen LogP contribution in [0.5, 0.6) is 0 Å². The largest absolute Gasteiger partial charge is 0.381 e. The Bertz CT molecular complexity index is 235. The monoisotopic (exact) mass is 256 g/mol. The van der Waals surface area contributed by atoms with Gasteiger partial charge in [-0.05, 0) is 33.1 Å². The van der Waals surface area contributed by atoms with Crippen molar-refractivity contribution in [3.8, 4) is 0 Å². The highest BCUT2D eigenvalue weighted by molar-refractivity contribution is 4.93. The van der Waals surface area contributed by atoms with Gasteiger partial charge in [-0.25, -0.2) is 0 Å². The van der Waals surface area contributed by atoms with Crippen molar-refractivity contribution < 1.29 is 4.74 Å². The molecular weight excluding hydrogens is 224 g/mol.